The molecule has 2 aromatic rings. The van der Waals surface area contributed by atoms with Gasteiger partial charge in [0, 0.05) is 22.9 Å². The summed E-state index contributed by atoms with van der Waals surface area (Å²) in [5, 5.41) is 9.03. The van der Waals surface area contributed by atoms with Crippen molar-refractivity contribution in [2.45, 2.75) is 32.1 Å². The van der Waals surface area contributed by atoms with Gasteiger partial charge in [0.15, 0.2) is 0 Å². The van der Waals surface area contributed by atoms with Crippen LogP contribution in [0, 0.1) is 0 Å². The fourth-order valence-corrected chi connectivity index (χ4v) is 2.79. The van der Waals surface area contributed by atoms with E-state index in [0.29, 0.717) is 35.7 Å². The number of carbonyl (C=O) groups excluding carboxylic acids is 2. The van der Waals surface area contributed by atoms with Gasteiger partial charge in [-0.25, -0.2) is 10.9 Å². The smallest absolute Gasteiger partial charge is 0.240 e. The summed E-state index contributed by atoms with van der Waals surface area (Å²) in [7, 11) is 0. The standard InChI is InChI=1S/C21H22Cl2N4O2/c22-18-8-4-6-16(12-18)14-24-26-20(28)10-2-1-3-11-21(29)27-25-15-17-7-5-9-19(23)13-17/h4-9,12-15H,1-3,10-11H2,(H,26,28)(H,27,29)/b24-14-,25-15-. The second kappa shape index (κ2) is 12.7. The fourth-order valence-electron chi connectivity index (χ4n) is 2.39. The third-order valence-corrected chi connectivity index (χ3v) is 4.28. The highest BCUT2D eigenvalue weighted by Gasteiger charge is 2.02. The highest BCUT2D eigenvalue weighted by atomic mass is 35.5. The van der Waals surface area contributed by atoms with E-state index in [9.17, 15) is 9.59 Å². The Morgan fingerprint density at radius 3 is 1.62 bits per heavy atom. The molecule has 0 radical (unpaired) electrons. The molecule has 0 spiro atoms. The molecular weight excluding hydrogens is 411 g/mol. The predicted octanol–water partition coefficient (Wildman–Crippen LogP) is 4.54. The summed E-state index contributed by atoms with van der Waals surface area (Å²) in [6.45, 7) is 0. The minimum Gasteiger partial charge on any atom is -0.273 e. The second-order valence-electron chi connectivity index (χ2n) is 6.26. The molecule has 0 heterocycles. The molecule has 2 N–H and O–H groups in total. The monoisotopic (exact) mass is 432 g/mol. The molecule has 0 aliphatic rings. The van der Waals surface area contributed by atoms with Crippen LogP contribution in [-0.4, -0.2) is 24.2 Å². The lowest BCUT2D eigenvalue weighted by Gasteiger charge is -2.01. The molecule has 0 saturated carbocycles. The number of hydrazone groups is 2. The summed E-state index contributed by atoms with van der Waals surface area (Å²) in [6.07, 6.45) is 5.89. The number of rotatable bonds is 10. The second-order valence-corrected chi connectivity index (χ2v) is 7.13. The van der Waals surface area contributed by atoms with Crippen molar-refractivity contribution in [3.05, 3.63) is 69.7 Å². The lowest BCUT2D eigenvalue weighted by Crippen LogP contribution is -2.18. The number of hydrogen-bond acceptors (Lipinski definition) is 4. The Morgan fingerprint density at radius 1 is 0.759 bits per heavy atom. The summed E-state index contributed by atoms with van der Waals surface area (Å²) < 4.78 is 0. The van der Waals surface area contributed by atoms with Gasteiger partial charge in [0.25, 0.3) is 0 Å². The van der Waals surface area contributed by atoms with Gasteiger partial charge in [-0.3, -0.25) is 9.59 Å². The molecule has 0 aromatic heterocycles. The summed E-state index contributed by atoms with van der Waals surface area (Å²) in [6, 6.07) is 14.3. The van der Waals surface area contributed by atoms with Crippen molar-refractivity contribution in [1.29, 1.82) is 0 Å². The van der Waals surface area contributed by atoms with Gasteiger partial charge in [-0.1, -0.05) is 53.9 Å². The molecule has 0 fully saturated rings. The maximum absolute atomic E-state index is 11.7. The maximum Gasteiger partial charge on any atom is 0.240 e. The van der Waals surface area contributed by atoms with Crippen molar-refractivity contribution in [2.24, 2.45) is 10.2 Å². The van der Waals surface area contributed by atoms with Crippen LogP contribution in [0.15, 0.2) is 58.7 Å². The van der Waals surface area contributed by atoms with Crippen LogP contribution >= 0.6 is 23.2 Å². The molecule has 0 saturated heterocycles. The lowest BCUT2D eigenvalue weighted by molar-refractivity contribution is -0.121. The van der Waals surface area contributed by atoms with Crippen LogP contribution in [0.4, 0.5) is 0 Å². The van der Waals surface area contributed by atoms with Gasteiger partial charge in [-0.2, -0.15) is 10.2 Å². The highest BCUT2D eigenvalue weighted by molar-refractivity contribution is 6.31. The first-order chi connectivity index (χ1) is 14.0. The van der Waals surface area contributed by atoms with Crippen molar-refractivity contribution >= 4 is 47.4 Å². The first-order valence-corrected chi connectivity index (χ1v) is 9.93. The minimum atomic E-state index is -0.168. The van der Waals surface area contributed by atoms with Gasteiger partial charge < -0.3 is 0 Å². The van der Waals surface area contributed by atoms with Crippen LogP contribution in [0.25, 0.3) is 0 Å². The number of amides is 2. The molecule has 0 aliphatic carbocycles. The zero-order chi connectivity index (χ0) is 20.9. The fraction of sp³-hybridized carbons (Fsp3) is 0.238. The molecule has 152 valence electrons. The van der Waals surface area contributed by atoms with E-state index in [1.807, 2.05) is 24.3 Å². The normalized spacial score (nSPS) is 11.1. The summed E-state index contributed by atoms with van der Waals surface area (Å²) in [4.78, 5) is 23.5. The molecule has 0 atom stereocenters. The van der Waals surface area contributed by atoms with E-state index in [2.05, 4.69) is 21.1 Å². The number of nitrogens with zero attached hydrogens (tertiary/aromatic N) is 2. The number of halogens is 2. The quantitative estimate of drug-likeness (QED) is 0.328. The van der Waals surface area contributed by atoms with Gasteiger partial charge in [0.05, 0.1) is 12.4 Å². The lowest BCUT2D eigenvalue weighted by atomic mass is 10.1. The van der Waals surface area contributed by atoms with E-state index in [1.165, 1.54) is 12.4 Å². The van der Waals surface area contributed by atoms with Crippen LogP contribution in [0.1, 0.15) is 43.2 Å². The van der Waals surface area contributed by atoms with E-state index in [-0.39, 0.29) is 11.8 Å². The molecular formula is C21H22Cl2N4O2. The Labute approximate surface area is 180 Å². The van der Waals surface area contributed by atoms with Crippen LogP contribution in [0.3, 0.4) is 0 Å². The zero-order valence-electron chi connectivity index (χ0n) is 15.8. The molecule has 29 heavy (non-hydrogen) atoms. The van der Waals surface area contributed by atoms with Crippen molar-refractivity contribution in [3.8, 4) is 0 Å². The zero-order valence-corrected chi connectivity index (χ0v) is 17.3. The van der Waals surface area contributed by atoms with Crippen molar-refractivity contribution < 1.29 is 9.59 Å². The molecule has 2 rings (SSSR count). The molecule has 0 bridgehead atoms. The van der Waals surface area contributed by atoms with E-state index in [1.54, 1.807) is 24.3 Å². The first-order valence-electron chi connectivity index (χ1n) is 9.18. The Hall–Kier alpha value is -2.70. The number of hydrogen-bond donors (Lipinski definition) is 2. The molecule has 0 unspecified atom stereocenters. The third kappa shape index (κ3) is 9.87. The van der Waals surface area contributed by atoms with Crippen molar-refractivity contribution in [1.82, 2.24) is 10.9 Å². The Balaban J connectivity index is 1.54. The number of carbonyl (C=O) groups is 2. The van der Waals surface area contributed by atoms with Crippen LogP contribution in [0.5, 0.6) is 0 Å². The molecule has 6 nitrogen and oxygen atoms in total. The van der Waals surface area contributed by atoms with Gasteiger partial charge in [-0.15, -0.1) is 0 Å². The van der Waals surface area contributed by atoms with E-state index >= 15 is 0 Å². The van der Waals surface area contributed by atoms with E-state index in [0.717, 1.165) is 17.5 Å². The minimum absolute atomic E-state index is 0.168. The van der Waals surface area contributed by atoms with E-state index in [4.69, 9.17) is 23.2 Å². The van der Waals surface area contributed by atoms with Crippen LogP contribution in [0.2, 0.25) is 10.0 Å². The molecule has 2 amide bonds. The largest absolute Gasteiger partial charge is 0.273 e. The number of benzene rings is 2. The van der Waals surface area contributed by atoms with Gasteiger partial charge >= 0.3 is 0 Å². The van der Waals surface area contributed by atoms with Gasteiger partial charge in [-0.05, 0) is 48.2 Å². The summed E-state index contributed by atoms with van der Waals surface area (Å²) >= 11 is 11.8. The topological polar surface area (TPSA) is 82.9 Å². The Morgan fingerprint density at radius 2 is 1.21 bits per heavy atom. The summed E-state index contributed by atoms with van der Waals surface area (Å²) in [5.41, 5.74) is 6.57. The maximum atomic E-state index is 11.7. The third-order valence-electron chi connectivity index (χ3n) is 3.81. The van der Waals surface area contributed by atoms with Crippen molar-refractivity contribution in [3.63, 3.8) is 0 Å². The molecule has 0 aliphatic heterocycles. The molecule has 8 heteroatoms. The van der Waals surface area contributed by atoms with Gasteiger partial charge in [0.1, 0.15) is 0 Å². The van der Waals surface area contributed by atoms with Gasteiger partial charge in [0.2, 0.25) is 11.8 Å². The average molecular weight is 433 g/mol. The molecule has 2 aromatic carbocycles. The van der Waals surface area contributed by atoms with Crippen LogP contribution in [-0.2, 0) is 9.59 Å². The Kier molecular flexibility index (Phi) is 9.89. The highest BCUT2D eigenvalue weighted by Crippen LogP contribution is 2.09. The van der Waals surface area contributed by atoms with Crippen LogP contribution < -0.4 is 10.9 Å². The van der Waals surface area contributed by atoms with E-state index < -0.39 is 0 Å². The SMILES string of the molecule is O=C(CCCCCC(=O)N/N=C\c1cccc(Cl)c1)N/N=C\c1cccc(Cl)c1. The average Bonchev–Trinajstić information content (AvgIpc) is 2.68. The Bertz CT molecular complexity index is 813. The number of nitrogens with one attached hydrogen (secondary N) is 2. The first kappa shape index (κ1) is 22.6. The number of unbranched alkanes of at least 4 members (excludes halogenated alkanes) is 2. The predicted molar refractivity (Wildman–Crippen MR) is 117 cm³/mol. The van der Waals surface area contributed by atoms with Crippen molar-refractivity contribution in [2.75, 3.05) is 0 Å². The summed E-state index contributed by atoms with van der Waals surface area (Å²) in [5.74, 6) is -0.335.